The van der Waals surface area contributed by atoms with E-state index in [2.05, 4.69) is 10.3 Å². The van der Waals surface area contributed by atoms with Gasteiger partial charge in [-0.25, -0.2) is 4.98 Å². The third kappa shape index (κ3) is 5.54. The van der Waals surface area contributed by atoms with Gasteiger partial charge < -0.3 is 15.0 Å². The molecule has 0 saturated heterocycles. The Morgan fingerprint density at radius 2 is 2.11 bits per heavy atom. The number of imidazole rings is 1. The van der Waals surface area contributed by atoms with E-state index in [-0.39, 0.29) is 23.8 Å². The van der Waals surface area contributed by atoms with Crippen LogP contribution in [0.15, 0.2) is 18.7 Å². The Labute approximate surface area is 112 Å². The molecule has 0 saturated carbocycles. The molecule has 106 valence electrons. The third-order valence-corrected chi connectivity index (χ3v) is 2.92. The minimum atomic E-state index is -0.908. The van der Waals surface area contributed by atoms with Crippen molar-refractivity contribution < 1.29 is 14.7 Å². The van der Waals surface area contributed by atoms with Crippen LogP contribution in [-0.4, -0.2) is 32.6 Å². The topological polar surface area (TPSA) is 84.2 Å². The number of aromatic nitrogens is 2. The Balaban J connectivity index is 2.49. The lowest BCUT2D eigenvalue weighted by Gasteiger charge is -2.30. The second-order valence-corrected chi connectivity index (χ2v) is 5.63. The van der Waals surface area contributed by atoms with Crippen LogP contribution >= 0.6 is 0 Å². The van der Waals surface area contributed by atoms with Gasteiger partial charge in [-0.3, -0.25) is 9.59 Å². The number of nitrogens with one attached hydrogen (secondary N) is 1. The van der Waals surface area contributed by atoms with Crippen LogP contribution in [-0.2, 0) is 16.1 Å². The van der Waals surface area contributed by atoms with Crippen LogP contribution in [0.4, 0.5) is 0 Å². The van der Waals surface area contributed by atoms with Crippen molar-refractivity contribution in [3.63, 3.8) is 0 Å². The van der Waals surface area contributed by atoms with Crippen LogP contribution in [0.1, 0.15) is 33.6 Å². The molecule has 0 aromatic carbocycles. The number of hydrogen-bond acceptors (Lipinski definition) is 3. The van der Waals surface area contributed by atoms with Gasteiger partial charge in [0.1, 0.15) is 0 Å². The molecule has 0 aliphatic heterocycles. The minimum Gasteiger partial charge on any atom is -0.481 e. The van der Waals surface area contributed by atoms with Crippen LogP contribution in [0, 0.1) is 5.41 Å². The molecule has 6 nitrogen and oxygen atoms in total. The molecule has 0 aliphatic rings. The van der Waals surface area contributed by atoms with Gasteiger partial charge >= 0.3 is 5.97 Å². The molecule has 1 amide bonds. The number of aliphatic carboxylic acids is 1. The smallest absolute Gasteiger partial charge is 0.305 e. The summed E-state index contributed by atoms with van der Waals surface area (Å²) in [5, 5.41) is 11.7. The van der Waals surface area contributed by atoms with E-state index in [9.17, 15) is 9.59 Å². The molecule has 1 rings (SSSR count). The molecule has 0 spiro atoms. The van der Waals surface area contributed by atoms with Gasteiger partial charge in [0.05, 0.1) is 12.7 Å². The van der Waals surface area contributed by atoms with Crippen molar-refractivity contribution in [3.05, 3.63) is 18.7 Å². The van der Waals surface area contributed by atoms with E-state index in [4.69, 9.17) is 5.11 Å². The average molecular weight is 267 g/mol. The van der Waals surface area contributed by atoms with E-state index >= 15 is 0 Å². The second kappa shape index (κ2) is 6.36. The lowest BCUT2D eigenvalue weighted by Crippen LogP contribution is -2.45. The molecule has 0 radical (unpaired) electrons. The van der Waals surface area contributed by atoms with Crippen molar-refractivity contribution in [2.75, 3.05) is 0 Å². The van der Waals surface area contributed by atoms with E-state index < -0.39 is 5.97 Å². The second-order valence-electron chi connectivity index (χ2n) is 5.63. The molecule has 1 aromatic heterocycles. The summed E-state index contributed by atoms with van der Waals surface area (Å²) in [4.78, 5) is 26.6. The highest BCUT2D eigenvalue weighted by Crippen LogP contribution is 2.21. The highest BCUT2D eigenvalue weighted by molar-refractivity contribution is 5.77. The van der Waals surface area contributed by atoms with Gasteiger partial charge in [0.2, 0.25) is 5.91 Å². The number of carboxylic acids is 1. The summed E-state index contributed by atoms with van der Waals surface area (Å²) in [7, 11) is 0. The summed E-state index contributed by atoms with van der Waals surface area (Å²) >= 11 is 0. The van der Waals surface area contributed by atoms with Gasteiger partial charge in [0.15, 0.2) is 0 Å². The summed E-state index contributed by atoms with van der Waals surface area (Å²) in [5.74, 6) is -1.05. The zero-order valence-corrected chi connectivity index (χ0v) is 11.6. The summed E-state index contributed by atoms with van der Waals surface area (Å²) in [6.07, 6.45) is 5.32. The molecule has 1 atom stereocenters. The zero-order chi connectivity index (χ0) is 14.5. The highest BCUT2D eigenvalue weighted by Gasteiger charge is 2.28. The number of aryl methyl sites for hydroxylation is 1. The first-order valence-electron chi connectivity index (χ1n) is 6.26. The van der Waals surface area contributed by atoms with E-state index in [1.807, 2.05) is 25.3 Å². The SMILES string of the molecule is CC(C)(C)C(CC(=O)O)NC(=O)CCn1ccnc1. The van der Waals surface area contributed by atoms with E-state index in [1.54, 1.807) is 18.7 Å². The third-order valence-electron chi connectivity index (χ3n) is 2.92. The normalized spacial score (nSPS) is 13.0. The standard InChI is InChI=1S/C13H21N3O3/c1-13(2,3)10(8-12(18)19)15-11(17)4-6-16-7-5-14-9-16/h5,7,9-10H,4,6,8H2,1-3H3,(H,15,17)(H,18,19). The molecular formula is C13H21N3O3. The zero-order valence-electron chi connectivity index (χ0n) is 11.6. The van der Waals surface area contributed by atoms with Gasteiger partial charge in [-0.2, -0.15) is 0 Å². The predicted octanol–water partition coefficient (Wildman–Crippen LogP) is 1.28. The maximum atomic E-state index is 11.8. The maximum absolute atomic E-state index is 11.8. The maximum Gasteiger partial charge on any atom is 0.305 e. The Morgan fingerprint density at radius 3 is 2.58 bits per heavy atom. The molecule has 2 N–H and O–H groups in total. The monoisotopic (exact) mass is 267 g/mol. The number of rotatable bonds is 6. The lowest BCUT2D eigenvalue weighted by atomic mass is 9.84. The number of carbonyl (C=O) groups is 2. The number of carbonyl (C=O) groups excluding carboxylic acids is 1. The number of amides is 1. The van der Waals surface area contributed by atoms with Gasteiger partial charge in [0.25, 0.3) is 0 Å². The number of nitrogens with zero attached hydrogens (tertiary/aromatic N) is 2. The Hall–Kier alpha value is -1.85. The molecule has 0 aliphatic carbocycles. The Morgan fingerprint density at radius 1 is 1.42 bits per heavy atom. The fourth-order valence-corrected chi connectivity index (χ4v) is 1.66. The average Bonchev–Trinajstić information content (AvgIpc) is 2.76. The molecule has 6 heteroatoms. The van der Waals surface area contributed by atoms with Crippen molar-refractivity contribution in [3.8, 4) is 0 Å². The fourth-order valence-electron chi connectivity index (χ4n) is 1.66. The first-order valence-corrected chi connectivity index (χ1v) is 6.26. The quantitative estimate of drug-likeness (QED) is 0.813. The van der Waals surface area contributed by atoms with Gasteiger partial charge in [0, 0.05) is 31.4 Å². The number of carboxylic acid groups (broad SMARTS) is 1. The summed E-state index contributed by atoms with van der Waals surface area (Å²) < 4.78 is 1.81. The lowest BCUT2D eigenvalue weighted by molar-refractivity contribution is -0.138. The van der Waals surface area contributed by atoms with E-state index in [0.29, 0.717) is 13.0 Å². The van der Waals surface area contributed by atoms with E-state index in [0.717, 1.165) is 0 Å². The Bertz CT molecular complexity index is 421. The van der Waals surface area contributed by atoms with Crippen LogP contribution in [0.2, 0.25) is 0 Å². The first-order chi connectivity index (χ1) is 8.79. The van der Waals surface area contributed by atoms with Gasteiger partial charge in [-0.05, 0) is 5.41 Å². The van der Waals surface area contributed by atoms with Gasteiger partial charge in [-0.15, -0.1) is 0 Å². The van der Waals surface area contributed by atoms with Gasteiger partial charge in [-0.1, -0.05) is 20.8 Å². The van der Waals surface area contributed by atoms with Crippen LogP contribution in [0.3, 0.4) is 0 Å². The minimum absolute atomic E-state index is 0.0691. The predicted molar refractivity (Wildman–Crippen MR) is 70.5 cm³/mol. The van der Waals surface area contributed by atoms with Crippen molar-refractivity contribution in [2.45, 2.75) is 46.2 Å². The molecule has 1 aromatic rings. The van der Waals surface area contributed by atoms with Crippen LogP contribution < -0.4 is 5.32 Å². The van der Waals surface area contributed by atoms with Crippen LogP contribution in [0.25, 0.3) is 0 Å². The van der Waals surface area contributed by atoms with Crippen molar-refractivity contribution in [2.24, 2.45) is 5.41 Å². The van der Waals surface area contributed by atoms with Crippen LogP contribution in [0.5, 0.6) is 0 Å². The fraction of sp³-hybridized carbons (Fsp3) is 0.615. The van der Waals surface area contributed by atoms with Crippen molar-refractivity contribution >= 4 is 11.9 Å². The molecule has 1 unspecified atom stereocenters. The highest BCUT2D eigenvalue weighted by atomic mass is 16.4. The largest absolute Gasteiger partial charge is 0.481 e. The molecule has 1 heterocycles. The molecular weight excluding hydrogens is 246 g/mol. The summed E-state index contributed by atoms with van der Waals surface area (Å²) in [6.45, 7) is 6.28. The molecule has 0 bridgehead atoms. The van der Waals surface area contributed by atoms with Crippen molar-refractivity contribution in [1.29, 1.82) is 0 Å². The molecule has 19 heavy (non-hydrogen) atoms. The first kappa shape index (κ1) is 15.2. The van der Waals surface area contributed by atoms with E-state index in [1.165, 1.54) is 0 Å². The Kier molecular flexibility index (Phi) is 5.09. The summed E-state index contributed by atoms with van der Waals surface area (Å²) in [5.41, 5.74) is -0.289. The molecule has 0 fully saturated rings. The summed E-state index contributed by atoms with van der Waals surface area (Å²) in [6, 6.07) is -0.375. The number of hydrogen-bond donors (Lipinski definition) is 2. The van der Waals surface area contributed by atoms with Crippen molar-refractivity contribution in [1.82, 2.24) is 14.9 Å².